The average molecular weight is 451 g/mol. The zero-order chi connectivity index (χ0) is 22.5. The summed E-state index contributed by atoms with van der Waals surface area (Å²) < 4.78 is 27.2. The number of rotatable bonds is 3. The number of aryl methyl sites for hydroxylation is 1. The fraction of sp³-hybridized carbons (Fsp3) is 0.200. The van der Waals surface area contributed by atoms with Crippen LogP contribution in [-0.2, 0) is 16.2 Å². The first-order valence-corrected chi connectivity index (χ1v) is 11.3. The van der Waals surface area contributed by atoms with Gasteiger partial charge in [0.25, 0.3) is 11.8 Å². The zero-order valence-corrected chi connectivity index (χ0v) is 18.2. The summed E-state index contributed by atoms with van der Waals surface area (Å²) in [5, 5.41) is 0. The second-order valence-corrected chi connectivity index (χ2v) is 9.21. The van der Waals surface area contributed by atoms with Crippen molar-refractivity contribution < 1.29 is 18.4 Å². The number of carbonyl (C=O) groups is 2. The topological polar surface area (TPSA) is 40.6 Å². The van der Waals surface area contributed by atoms with Crippen LogP contribution in [0.15, 0.2) is 66.7 Å². The Morgan fingerprint density at radius 1 is 1.03 bits per heavy atom. The minimum absolute atomic E-state index is 0.0851. The van der Waals surface area contributed by atoms with Gasteiger partial charge in [-0.15, -0.1) is 11.8 Å². The van der Waals surface area contributed by atoms with E-state index in [4.69, 9.17) is 0 Å². The van der Waals surface area contributed by atoms with Crippen molar-refractivity contribution in [3.63, 3.8) is 0 Å². The summed E-state index contributed by atoms with van der Waals surface area (Å²) in [4.78, 5) is 29.6. The predicted octanol–water partition coefficient (Wildman–Crippen LogP) is 4.86. The lowest BCUT2D eigenvalue weighted by atomic mass is 10.0. The second-order valence-electron chi connectivity index (χ2n) is 7.92. The van der Waals surface area contributed by atoms with Crippen molar-refractivity contribution in [1.82, 2.24) is 4.90 Å². The number of fused-ring (bicyclic) bond motifs is 2. The molecule has 1 saturated heterocycles. The lowest BCUT2D eigenvalue weighted by Crippen LogP contribution is -2.50. The van der Waals surface area contributed by atoms with Gasteiger partial charge in [0.15, 0.2) is 16.5 Å². The van der Waals surface area contributed by atoms with Gasteiger partial charge in [-0.2, -0.15) is 0 Å². The van der Waals surface area contributed by atoms with Gasteiger partial charge < -0.3 is 9.80 Å². The summed E-state index contributed by atoms with van der Waals surface area (Å²) in [6.07, 6.45) is 0. The van der Waals surface area contributed by atoms with Gasteiger partial charge in [-0.1, -0.05) is 42.5 Å². The van der Waals surface area contributed by atoms with Gasteiger partial charge in [-0.05, 0) is 42.3 Å². The van der Waals surface area contributed by atoms with Gasteiger partial charge in [0, 0.05) is 23.4 Å². The third kappa shape index (κ3) is 3.03. The van der Waals surface area contributed by atoms with Crippen LogP contribution in [0.5, 0.6) is 0 Å². The van der Waals surface area contributed by atoms with Crippen LogP contribution >= 0.6 is 11.8 Å². The van der Waals surface area contributed by atoms with Gasteiger partial charge in [0.2, 0.25) is 0 Å². The molecule has 2 aliphatic heterocycles. The van der Waals surface area contributed by atoms with E-state index in [1.54, 1.807) is 15.9 Å². The third-order valence-electron chi connectivity index (χ3n) is 6.05. The Morgan fingerprint density at radius 3 is 2.56 bits per heavy atom. The maximum absolute atomic E-state index is 13.9. The quantitative estimate of drug-likeness (QED) is 0.572. The monoisotopic (exact) mass is 450 g/mol. The van der Waals surface area contributed by atoms with Gasteiger partial charge in [0.05, 0.1) is 12.2 Å². The fourth-order valence-electron chi connectivity index (χ4n) is 4.50. The number of hydrogen-bond donors (Lipinski definition) is 0. The Hall–Kier alpha value is -3.19. The summed E-state index contributed by atoms with van der Waals surface area (Å²) in [5.41, 5.74) is 3.32. The molecule has 2 heterocycles. The third-order valence-corrected chi connectivity index (χ3v) is 7.47. The van der Waals surface area contributed by atoms with Crippen molar-refractivity contribution in [1.29, 1.82) is 0 Å². The molecule has 0 unspecified atom stereocenters. The molecular formula is C25H20F2N2O2S. The maximum Gasteiger partial charge on any atom is 0.268 e. The van der Waals surface area contributed by atoms with E-state index in [9.17, 15) is 18.4 Å². The van der Waals surface area contributed by atoms with Gasteiger partial charge in [-0.25, -0.2) is 8.78 Å². The van der Waals surface area contributed by atoms with Crippen molar-refractivity contribution in [2.45, 2.75) is 18.3 Å². The maximum atomic E-state index is 13.9. The Kier molecular flexibility index (Phi) is 5.01. The molecular weight excluding hydrogens is 430 g/mol. The number of benzene rings is 3. The second kappa shape index (κ2) is 7.74. The summed E-state index contributed by atoms with van der Waals surface area (Å²) in [6, 6.07) is 18.4. The number of hydrogen-bond acceptors (Lipinski definition) is 3. The molecule has 3 aromatic rings. The van der Waals surface area contributed by atoms with Gasteiger partial charge >= 0.3 is 0 Å². The van der Waals surface area contributed by atoms with Gasteiger partial charge in [-0.3, -0.25) is 9.59 Å². The van der Waals surface area contributed by atoms with Crippen molar-refractivity contribution in [3.05, 3.63) is 101 Å². The molecule has 1 atom stereocenters. The highest BCUT2D eigenvalue weighted by atomic mass is 32.2. The highest BCUT2D eigenvalue weighted by Crippen LogP contribution is 2.54. The molecule has 162 valence electrons. The van der Waals surface area contributed by atoms with E-state index in [1.807, 2.05) is 49.4 Å². The first-order chi connectivity index (χ1) is 15.4. The average Bonchev–Trinajstić information content (AvgIpc) is 3.33. The van der Waals surface area contributed by atoms with Crippen LogP contribution < -0.4 is 4.90 Å². The van der Waals surface area contributed by atoms with Crippen LogP contribution in [0.4, 0.5) is 14.5 Å². The molecule has 0 N–H and O–H groups in total. The molecule has 3 aromatic carbocycles. The van der Waals surface area contributed by atoms with E-state index in [1.165, 1.54) is 17.8 Å². The SMILES string of the molecule is Cc1ccccc1C(=O)N1CCS[C@]12C(=O)N(Cc1ccc(F)c(F)c1)c1ccccc12. The number of anilines is 1. The van der Waals surface area contributed by atoms with E-state index in [-0.39, 0.29) is 18.4 Å². The Morgan fingerprint density at radius 2 is 1.78 bits per heavy atom. The molecule has 32 heavy (non-hydrogen) atoms. The standard InChI is InChI=1S/C25H20F2N2O2S/c1-16-6-2-3-7-18(16)23(30)29-12-13-32-25(29)19-8-4-5-9-22(19)28(24(25)31)15-17-10-11-20(26)21(27)14-17/h2-11,14H,12-13,15H2,1H3/t25-/m1/s1. The largest absolute Gasteiger partial charge is 0.311 e. The Bertz CT molecular complexity index is 1250. The minimum atomic E-state index is -1.17. The molecule has 7 heteroatoms. The Balaban J connectivity index is 1.58. The van der Waals surface area contributed by atoms with E-state index in [0.29, 0.717) is 29.1 Å². The van der Waals surface area contributed by atoms with E-state index < -0.39 is 16.5 Å². The number of nitrogens with zero attached hydrogens (tertiary/aromatic N) is 2. The summed E-state index contributed by atoms with van der Waals surface area (Å²) >= 11 is 1.44. The molecule has 0 aromatic heterocycles. The lowest BCUT2D eigenvalue weighted by molar-refractivity contribution is -0.123. The first kappa shape index (κ1) is 20.7. The molecule has 2 aliphatic rings. The van der Waals surface area contributed by atoms with E-state index >= 15 is 0 Å². The highest BCUT2D eigenvalue weighted by molar-refractivity contribution is 8.01. The molecule has 0 aliphatic carbocycles. The predicted molar refractivity (Wildman–Crippen MR) is 120 cm³/mol. The number of amides is 2. The summed E-state index contributed by atoms with van der Waals surface area (Å²) in [6.45, 7) is 2.40. The first-order valence-electron chi connectivity index (χ1n) is 10.3. The molecule has 0 saturated carbocycles. The van der Waals surface area contributed by atoms with Crippen molar-refractivity contribution in [2.75, 3.05) is 17.2 Å². The summed E-state index contributed by atoms with van der Waals surface area (Å²) in [7, 11) is 0. The van der Waals surface area contributed by atoms with Gasteiger partial charge in [0.1, 0.15) is 0 Å². The van der Waals surface area contributed by atoms with Crippen LogP contribution in [0.1, 0.15) is 27.0 Å². The van der Waals surface area contributed by atoms with E-state index in [2.05, 4.69) is 0 Å². The normalized spacial score (nSPS) is 19.7. The smallest absolute Gasteiger partial charge is 0.268 e. The van der Waals surface area contributed by atoms with Crippen molar-refractivity contribution in [2.24, 2.45) is 0 Å². The van der Waals surface area contributed by atoms with Crippen LogP contribution in [0.2, 0.25) is 0 Å². The number of para-hydroxylation sites is 1. The molecule has 0 radical (unpaired) electrons. The lowest BCUT2D eigenvalue weighted by Gasteiger charge is -2.33. The fourth-order valence-corrected chi connectivity index (χ4v) is 5.96. The van der Waals surface area contributed by atoms with Crippen LogP contribution in [-0.4, -0.2) is 29.0 Å². The molecule has 0 bridgehead atoms. The highest BCUT2D eigenvalue weighted by Gasteiger charge is 2.59. The molecule has 4 nitrogen and oxygen atoms in total. The van der Waals surface area contributed by atoms with Crippen molar-refractivity contribution >= 4 is 29.3 Å². The summed E-state index contributed by atoms with van der Waals surface area (Å²) in [5.74, 6) is -1.70. The van der Waals surface area contributed by atoms with Crippen LogP contribution in [0, 0.1) is 18.6 Å². The molecule has 5 rings (SSSR count). The minimum Gasteiger partial charge on any atom is -0.311 e. The Labute approximate surface area is 188 Å². The van der Waals surface area contributed by atoms with Crippen molar-refractivity contribution in [3.8, 4) is 0 Å². The number of halogens is 2. The zero-order valence-electron chi connectivity index (χ0n) is 17.3. The molecule has 1 fully saturated rings. The van der Waals surface area contributed by atoms with Crippen LogP contribution in [0.25, 0.3) is 0 Å². The molecule has 1 spiro atoms. The molecule has 2 amide bonds. The number of carbonyl (C=O) groups excluding carboxylic acids is 2. The van der Waals surface area contributed by atoms with Crippen LogP contribution in [0.3, 0.4) is 0 Å². The van der Waals surface area contributed by atoms with E-state index in [0.717, 1.165) is 23.3 Å². The number of thioether (sulfide) groups is 1.